The molecule has 1 aliphatic heterocycles. The Morgan fingerprint density at radius 1 is 1.03 bits per heavy atom. The maximum absolute atomic E-state index is 7.07. The van der Waals surface area contributed by atoms with E-state index in [1.807, 2.05) is 5.19 Å². The third-order valence-corrected chi connectivity index (χ3v) is 28.2. The van der Waals surface area contributed by atoms with Crippen molar-refractivity contribution in [3.8, 4) is 16.9 Å². The molecule has 2 aromatic rings. The van der Waals surface area contributed by atoms with Gasteiger partial charge in [0.1, 0.15) is 0 Å². The Balaban J connectivity index is 0.00000153. The van der Waals surface area contributed by atoms with E-state index in [1.165, 1.54) is 39.6 Å². The summed E-state index contributed by atoms with van der Waals surface area (Å²) in [5.74, 6) is 1.25. The van der Waals surface area contributed by atoms with Gasteiger partial charge in [0.25, 0.3) is 0 Å². The van der Waals surface area contributed by atoms with Crippen LogP contribution in [0.2, 0.25) is 45.3 Å². The van der Waals surface area contributed by atoms with Crippen molar-refractivity contribution in [2.24, 2.45) is 0 Å². The predicted molar refractivity (Wildman–Crippen MR) is 138 cm³/mol. The van der Waals surface area contributed by atoms with Gasteiger partial charge in [0, 0.05) is 0 Å². The largest absolute Gasteiger partial charge is 1.00 e. The molecule has 0 fully saturated rings. The number of halogens is 2. The number of benzene rings is 2. The quantitative estimate of drug-likeness (QED) is 0.441. The maximum Gasteiger partial charge on any atom is -1.00 e. The van der Waals surface area contributed by atoms with E-state index < -0.39 is 23.5 Å². The maximum atomic E-state index is 7.07. The second kappa shape index (κ2) is 9.05. The average molecular weight is 608 g/mol. The van der Waals surface area contributed by atoms with Gasteiger partial charge in [-0.05, 0) is 0 Å². The number of hydrogen-bond donors (Lipinski definition) is 0. The molecule has 0 bridgehead atoms. The molecule has 0 spiro atoms. The minimum absolute atomic E-state index is 0. The summed E-state index contributed by atoms with van der Waals surface area (Å²) >= 11 is 1.62. The van der Waals surface area contributed by atoms with E-state index in [0.29, 0.717) is 3.63 Å². The van der Waals surface area contributed by atoms with E-state index in [2.05, 4.69) is 88.7 Å². The fraction of sp³-hybridized carbons (Fsp3) is 0.385. The molecule has 2 aliphatic carbocycles. The summed E-state index contributed by atoms with van der Waals surface area (Å²) in [5.41, 5.74) is 9.15. The zero-order valence-corrected chi connectivity index (χ0v) is 27.7. The van der Waals surface area contributed by atoms with E-state index in [-0.39, 0.29) is 24.8 Å². The van der Waals surface area contributed by atoms with E-state index in [0.717, 1.165) is 6.42 Å². The van der Waals surface area contributed by atoms with E-state index in [4.69, 9.17) is 4.43 Å². The third kappa shape index (κ3) is 3.94. The smallest absolute Gasteiger partial charge is 1.00 e. The molecule has 0 amide bonds. The molecule has 173 valence electrons. The monoisotopic (exact) mass is 605 g/mol. The molecule has 33 heavy (non-hydrogen) atoms. The van der Waals surface area contributed by atoms with Crippen LogP contribution in [-0.4, -0.2) is 23.5 Å². The van der Waals surface area contributed by atoms with Crippen molar-refractivity contribution < 1.29 is 54.0 Å². The molecule has 3 aliphatic rings. The molecular formula is C26H33Cl2OSi3Zr. The van der Waals surface area contributed by atoms with Crippen molar-refractivity contribution in [1.82, 2.24) is 0 Å². The van der Waals surface area contributed by atoms with Crippen LogP contribution in [0.4, 0.5) is 0 Å². The van der Waals surface area contributed by atoms with Gasteiger partial charge in [-0.2, -0.15) is 0 Å². The second-order valence-corrected chi connectivity index (χ2v) is 31.8. The summed E-state index contributed by atoms with van der Waals surface area (Å²) in [6.07, 6.45) is 7.98. The van der Waals surface area contributed by atoms with Crippen molar-refractivity contribution >= 4 is 39.4 Å². The molecule has 1 heterocycles. The predicted octanol–water partition coefficient (Wildman–Crippen LogP) is 0.181. The van der Waals surface area contributed by atoms with Crippen molar-refractivity contribution in [3.05, 3.63) is 59.2 Å². The molecule has 0 saturated heterocycles. The fourth-order valence-corrected chi connectivity index (χ4v) is 21.3. The van der Waals surface area contributed by atoms with Gasteiger partial charge in [-0.15, -0.1) is 0 Å². The van der Waals surface area contributed by atoms with Gasteiger partial charge in [0.2, 0.25) is 0 Å². The van der Waals surface area contributed by atoms with Crippen LogP contribution in [0.5, 0.6) is 5.75 Å². The van der Waals surface area contributed by atoms with Crippen LogP contribution < -0.4 is 39.6 Å². The first-order chi connectivity index (χ1) is 14.5. The molecule has 7 heteroatoms. The van der Waals surface area contributed by atoms with Gasteiger partial charge in [0.05, 0.1) is 0 Å². The molecule has 1 nitrogen and oxygen atoms in total. The van der Waals surface area contributed by atoms with Gasteiger partial charge < -0.3 is 24.8 Å². The van der Waals surface area contributed by atoms with E-state index in [1.54, 1.807) is 35.5 Å². The SMILES string of the molecule is CC[Si](C)(C)[Si]1(C)c2c(C3=CC=CC3)c(O[Si](C)(C)C)c3c(c21)[CH]([Zr+2])c1ccccc1-3.[Cl-].[Cl-]. The summed E-state index contributed by atoms with van der Waals surface area (Å²) in [4.78, 5) is 0. The van der Waals surface area contributed by atoms with E-state index >= 15 is 0 Å². The van der Waals surface area contributed by atoms with Gasteiger partial charge in [-0.1, -0.05) is 0 Å². The fourth-order valence-electron chi connectivity index (χ4n) is 5.71. The molecule has 2 atom stereocenters. The van der Waals surface area contributed by atoms with E-state index in [9.17, 15) is 0 Å². The Bertz CT molecular complexity index is 1180. The number of rotatable bonds is 5. The number of fused-ring (bicyclic) bond motifs is 5. The van der Waals surface area contributed by atoms with Crippen molar-refractivity contribution in [1.29, 1.82) is 0 Å². The molecule has 0 N–H and O–H groups in total. The van der Waals surface area contributed by atoms with Gasteiger partial charge in [-0.25, -0.2) is 0 Å². The van der Waals surface area contributed by atoms with Crippen LogP contribution in [-0.2, 0) is 24.7 Å². The van der Waals surface area contributed by atoms with Crippen LogP contribution in [0, 0.1) is 0 Å². The number of hydrogen-bond acceptors (Lipinski definition) is 1. The Kier molecular flexibility index (Phi) is 7.52. The molecule has 2 aromatic carbocycles. The van der Waals surface area contributed by atoms with Crippen molar-refractivity contribution in [2.45, 2.75) is 62.3 Å². The first-order valence-corrected chi connectivity index (χ1v) is 23.2. The van der Waals surface area contributed by atoms with Gasteiger partial charge >= 0.3 is 207 Å². The van der Waals surface area contributed by atoms with Crippen LogP contribution in [0.15, 0.2) is 42.5 Å². The summed E-state index contributed by atoms with van der Waals surface area (Å²) in [6, 6.07) is 10.5. The molecular weight excluding hydrogens is 575 g/mol. The van der Waals surface area contributed by atoms with Crippen molar-refractivity contribution in [3.63, 3.8) is 0 Å². The Hall–Kier alpha value is -0.166. The molecule has 0 saturated carbocycles. The standard InChI is InChI=1S/C26H33OSi3.2ClH.Zr/c1-8-29(5,6)30(7)25-21-17-19-15-11-12-16-20(19)23(21)24(27-28(2,3)4)22(26(25)30)18-13-9-10-14-18;;;/h9-13,15-17H,8,14H2,1-7H3;2*1H;/q;;;+2/p-2. The first kappa shape index (κ1) is 27.4. The summed E-state index contributed by atoms with van der Waals surface area (Å²) in [6.45, 7) is 17.5. The topological polar surface area (TPSA) is 9.23 Å². The molecule has 0 radical (unpaired) electrons. The second-order valence-electron chi connectivity index (χ2n) is 11.2. The third-order valence-electron chi connectivity index (χ3n) is 8.00. The van der Waals surface area contributed by atoms with Crippen LogP contribution in [0.25, 0.3) is 16.7 Å². The summed E-state index contributed by atoms with van der Waals surface area (Å²) < 4.78 is 7.63. The zero-order chi connectivity index (χ0) is 22.3. The van der Waals surface area contributed by atoms with Gasteiger partial charge in [-0.3, -0.25) is 0 Å². The zero-order valence-electron chi connectivity index (χ0n) is 20.7. The summed E-state index contributed by atoms with van der Waals surface area (Å²) in [7, 11) is -4.74. The molecule has 2 unspecified atom stereocenters. The minimum Gasteiger partial charge on any atom is -1.00 e. The van der Waals surface area contributed by atoms with Crippen LogP contribution >= 0.6 is 0 Å². The Morgan fingerprint density at radius 3 is 2.27 bits per heavy atom. The summed E-state index contributed by atoms with van der Waals surface area (Å²) in [5, 5.41) is 3.62. The normalized spacial score (nSPS) is 22.0. The molecule has 0 aromatic heterocycles. The first-order valence-electron chi connectivity index (χ1n) is 11.6. The minimum atomic E-state index is -1.78. The Labute approximate surface area is 230 Å². The number of allylic oxidation sites excluding steroid dienone is 4. The molecule has 5 rings (SSSR count). The van der Waals surface area contributed by atoms with Crippen molar-refractivity contribution in [2.75, 3.05) is 0 Å². The average Bonchev–Trinajstić information content (AvgIpc) is 3.04. The van der Waals surface area contributed by atoms with Crippen LogP contribution in [0.1, 0.15) is 33.7 Å². The Morgan fingerprint density at radius 2 is 1.70 bits per heavy atom. The van der Waals surface area contributed by atoms with Crippen LogP contribution in [0.3, 0.4) is 0 Å². The van der Waals surface area contributed by atoms with Gasteiger partial charge in [0.15, 0.2) is 0 Å².